The molecule has 0 fully saturated rings. The summed E-state index contributed by atoms with van der Waals surface area (Å²) in [6, 6.07) is 5.75. The van der Waals surface area contributed by atoms with Crippen molar-refractivity contribution in [3.8, 4) is 11.5 Å². The summed E-state index contributed by atoms with van der Waals surface area (Å²) >= 11 is 1.79. The number of nitrogens with zero attached hydrogens (tertiary/aromatic N) is 1. The summed E-state index contributed by atoms with van der Waals surface area (Å²) in [5.74, 6) is -1.11. The van der Waals surface area contributed by atoms with Gasteiger partial charge in [-0.05, 0) is 38.5 Å². The number of fused-ring (bicyclic) bond motifs is 1. The summed E-state index contributed by atoms with van der Waals surface area (Å²) in [6.45, 7) is 6.81. The number of hydrogen-bond donors (Lipinski definition) is 3. The molecule has 3 N–H and O–H groups in total. The van der Waals surface area contributed by atoms with Crippen molar-refractivity contribution in [2.75, 3.05) is 14.2 Å². The molecule has 180 valence electrons. The van der Waals surface area contributed by atoms with E-state index in [4.69, 9.17) is 19.4 Å². The number of aromatic nitrogens is 2. The van der Waals surface area contributed by atoms with E-state index in [1.54, 1.807) is 37.7 Å². The Labute approximate surface area is 191 Å². The van der Waals surface area contributed by atoms with E-state index in [9.17, 15) is 18.0 Å². The SMILES string of the molecule is COc1cc2nc(CNC(C)c3cc(C)sc3C)[nH]c(=O)c2cc1OC.O=C(O)C(F)(F)F. The van der Waals surface area contributed by atoms with Crippen LogP contribution in [0.4, 0.5) is 13.2 Å². The molecule has 33 heavy (non-hydrogen) atoms. The first kappa shape index (κ1) is 26.1. The molecule has 0 aliphatic carbocycles. The average molecular weight is 488 g/mol. The molecule has 8 nitrogen and oxygen atoms in total. The van der Waals surface area contributed by atoms with Crippen LogP contribution in [0.15, 0.2) is 23.0 Å². The number of methoxy groups -OCH3 is 2. The number of hydrogen-bond acceptors (Lipinski definition) is 7. The summed E-state index contributed by atoms with van der Waals surface area (Å²) in [7, 11) is 3.10. The summed E-state index contributed by atoms with van der Waals surface area (Å²) in [5.41, 5.74) is 1.67. The van der Waals surface area contributed by atoms with Crippen molar-refractivity contribution in [3.05, 3.63) is 49.7 Å². The summed E-state index contributed by atoms with van der Waals surface area (Å²) in [5, 5.41) is 11.0. The number of carboxylic acids is 1. The van der Waals surface area contributed by atoms with E-state index in [2.05, 4.69) is 42.1 Å². The van der Waals surface area contributed by atoms with Gasteiger partial charge >= 0.3 is 12.1 Å². The van der Waals surface area contributed by atoms with Gasteiger partial charge in [-0.15, -0.1) is 11.3 Å². The van der Waals surface area contributed by atoms with E-state index in [-0.39, 0.29) is 11.6 Å². The molecule has 1 unspecified atom stereocenters. The van der Waals surface area contributed by atoms with Crippen molar-refractivity contribution in [1.29, 1.82) is 0 Å². The zero-order valence-corrected chi connectivity index (χ0v) is 19.4. The highest BCUT2D eigenvalue weighted by Crippen LogP contribution is 2.30. The van der Waals surface area contributed by atoms with Crippen LogP contribution >= 0.6 is 11.3 Å². The normalized spacial score (nSPS) is 12.1. The highest BCUT2D eigenvalue weighted by atomic mass is 32.1. The van der Waals surface area contributed by atoms with Crippen LogP contribution in [0.2, 0.25) is 0 Å². The molecule has 0 spiro atoms. The Hall–Kier alpha value is -3.12. The Bertz CT molecular complexity index is 1190. The molecule has 0 radical (unpaired) electrons. The van der Waals surface area contributed by atoms with Crippen LogP contribution in [0.5, 0.6) is 11.5 Å². The van der Waals surface area contributed by atoms with E-state index in [0.717, 1.165) is 0 Å². The highest BCUT2D eigenvalue weighted by molar-refractivity contribution is 7.12. The lowest BCUT2D eigenvalue weighted by molar-refractivity contribution is -0.192. The molecule has 2 aromatic heterocycles. The van der Waals surface area contributed by atoms with Crippen LogP contribution in [-0.2, 0) is 11.3 Å². The van der Waals surface area contributed by atoms with Crippen LogP contribution in [0.3, 0.4) is 0 Å². The van der Waals surface area contributed by atoms with Crippen molar-refractivity contribution in [1.82, 2.24) is 15.3 Å². The Morgan fingerprint density at radius 1 is 1.21 bits per heavy atom. The van der Waals surface area contributed by atoms with Crippen LogP contribution in [0, 0.1) is 13.8 Å². The number of carboxylic acid groups (broad SMARTS) is 1. The largest absolute Gasteiger partial charge is 0.493 e. The molecule has 0 aliphatic heterocycles. The van der Waals surface area contributed by atoms with Gasteiger partial charge in [-0.2, -0.15) is 13.2 Å². The first-order chi connectivity index (χ1) is 15.4. The Kier molecular flexibility index (Phi) is 8.45. The van der Waals surface area contributed by atoms with Crippen LogP contribution in [0.25, 0.3) is 10.9 Å². The van der Waals surface area contributed by atoms with Gasteiger partial charge in [0.05, 0.1) is 31.7 Å². The second-order valence-electron chi connectivity index (χ2n) is 7.01. The molecule has 0 saturated carbocycles. The standard InChI is InChI=1S/C19H23N3O3S.C2HF3O2/c1-10-6-13(12(3)26-10)11(2)20-9-18-21-15-8-17(25-5)16(24-4)7-14(15)19(23)22-18;3-2(4,5)1(6)7/h6-8,11,20H,9H2,1-5H3,(H,21,22,23);(H,6,7). The van der Waals surface area contributed by atoms with Crippen molar-refractivity contribution < 1.29 is 32.5 Å². The van der Waals surface area contributed by atoms with Crippen LogP contribution in [0.1, 0.15) is 34.1 Å². The first-order valence-corrected chi connectivity index (χ1v) is 10.4. The number of aryl methyl sites for hydroxylation is 2. The lowest BCUT2D eigenvalue weighted by Gasteiger charge is -2.14. The van der Waals surface area contributed by atoms with Gasteiger partial charge in [0.1, 0.15) is 5.82 Å². The third kappa shape index (κ3) is 6.68. The zero-order valence-electron chi connectivity index (χ0n) is 18.6. The summed E-state index contributed by atoms with van der Waals surface area (Å²) < 4.78 is 42.3. The van der Waals surface area contributed by atoms with Crippen molar-refractivity contribution in [2.24, 2.45) is 0 Å². The predicted octanol–water partition coefficient (Wildman–Crippen LogP) is 4.10. The lowest BCUT2D eigenvalue weighted by atomic mass is 10.1. The van der Waals surface area contributed by atoms with Gasteiger partial charge in [0, 0.05) is 21.9 Å². The molecule has 3 rings (SSSR count). The number of alkyl halides is 3. The molecule has 0 saturated heterocycles. The number of aromatic amines is 1. The molecule has 0 aliphatic rings. The molecule has 1 atom stereocenters. The number of rotatable bonds is 6. The molecule has 0 bridgehead atoms. The monoisotopic (exact) mass is 487 g/mol. The number of ether oxygens (including phenoxy) is 2. The minimum absolute atomic E-state index is 0.173. The fraction of sp³-hybridized carbons (Fsp3) is 0.381. The topological polar surface area (TPSA) is 114 Å². The number of halogens is 3. The summed E-state index contributed by atoms with van der Waals surface area (Å²) in [4.78, 5) is 31.3. The Morgan fingerprint density at radius 2 is 1.79 bits per heavy atom. The highest BCUT2D eigenvalue weighted by Gasteiger charge is 2.38. The van der Waals surface area contributed by atoms with Crippen LogP contribution in [-0.4, -0.2) is 41.4 Å². The lowest BCUT2D eigenvalue weighted by Crippen LogP contribution is -2.22. The van der Waals surface area contributed by atoms with Crippen molar-refractivity contribution >= 4 is 28.2 Å². The molecule has 0 amide bonds. The number of H-pyrrole nitrogens is 1. The van der Waals surface area contributed by atoms with E-state index in [1.165, 1.54) is 15.3 Å². The molecule has 1 aromatic carbocycles. The van der Waals surface area contributed by atoms with Gasteiger partial charge in [-0.1, -0.05) is 0 Å². The third-order valence-corrected chi connectivity index (χ3v) is 5.61. The van der Waals surface area contributed by atoms with Crippen molar-refractivity contribution in [2.45, 2.75) is 39.5 Å². The molecule has 3 aromatic rings. The maximum atomic E-state index is 12.4. The number of aliphatic carboxylic acids is 1. The molecule has 12 heteroatoms. The van der Waals surface area contributed by atoms with Crippen LogP contribution < -0.4 is 20.3 Å². The number of thiophene rings is 1. The molecular weight excluding hydrogens is 463 g/mol. The summed E-state index contributed by atoms with van der Waals surface area (Å²) in [6.07, 6.45) is -5.08. The fourth-order valence-electron chi connectivity index (χ4n) is 3.04. The van der Waals surface area contributed by atoms with Gasteiger partial charge in [0.25, 0.3) is 5.56 Å². The quantitative estimate of drug-likeness (QED) is 0.480. The zero-order chi connectivity index (χ0) is 24.9. The van der Waals surface area contributed by atoms with E-state index in [0.29, 0.717) is 34.8 Å². The Morgan fingerprint density at radius 3 is 2.27 bits per heavy atom. The maximum absolute atomic E-state index is 12.4. The first-order valence-electron chi connectivity index (χ1n) is 9.62. The van der Waals surface area contributed by atoms with Gasteiger partial charge in [-0.25, -0.2) is 9.78 Å². The molecule has 2 heterocycles. The second-order valence-corrected chi connectivity index (χ2v) is 8.47. The predicted molar refractivity (Wildman–Crippen MR) is 118 cm³/mol. The number of benzene rings is 1. The van der Waals surface area contributed by atoms with Gasteiger partial charge in [0.15, 0.2) is 11.5 Å². The van der Waals surface area contributed by atoms with Gasteiger partial charge in [-0.3, -0.25) is 4.79 Å². The average Bonchev–Trinajstić information content (AvgIpc) is 3.08. The maximum Gasteiger partial charge on any atom is 0.490 e. The third-order valence-electron chi connectivity index (χ3n) is 4.62. The second kappa shape index (κ2) is 10.7. The Balaban J connectivity index is 0.000000479. The number of carbonyl (C=O) groups is 1. The van der Waals surface area contributed by atoms with Gasteiger partial charge in [0.2, 0.25) is 0 Å². The van der Waals surface area contributed by atoms with E-state index >= 15 is 0 Å². The van der Waals surface area contributed by atoms with Gasteiger partial charge < -0.3 is 24.9 Å². The van der Waals surface area contributed by atoms with Crippen molar-refractivity contribution in [3.63, 3.8) is 0 Å². The smallest absolute Gasteiger partial charge is 0.490 e. The van der Waals surface area contributed by atoms with E-state index < -0.39 is 12.1 Å². The fourth-order valence-corrected chi connectivity index (χ4v) is 4.06. The molecular formula is C21H24F3N3O5S. The minimum Gasteiger partial charge on any atom is -0.493 e. The van der Waals surface area contributed by atoms with E-state index in [1.807, 2.05) is 0 Å². The number of nitrogens with one attached hydrogen (secondary N) is 2. The minimum atomic E-state index is -5.08.